The van der Waals surface area contributed by atoms with Gasteiger partial charge in [0, 0.05) is 22.6 Å². The van der Waals surface area contributed by atoms with Gasteiger partial charge in [0.15, 0.2) is 6.10 Å². The second kappa shape index (κ2) is 9.71. The van der Waals surface area contributed by atoms with Crippen molar-refractivity contribution in [1.29, 1.82) is 0 Å². The highest BCUT2D eigenvalue weighted by Crippen LogP contribution is 2.27. The van der Waals surface area contributed by atoms with E-state index in [1.807, 2.05) is 0 Å². The Kier molecular flexibility index (Phi) is 7.21. The van der Waals surface area contributed by atoms with Crippen LogP contribution in [0.15, 0.2) is 48.5 Å². The number of ether oxygens (including phenoxy) is 2. The second-order valence-electron chi connectivity index (χ2n) is 7.00. The number of hydrogen-bond acceptors (Lipinski definition) is 4. The molecule has 9 heteroatoms. The molecule has 1 aromatic heterocycles. The van der Waals surface area contributed by atoms with Gasteiger partial charge in [-0.2, -0.15) is 8.78 Å². The van der Waals surface area contributed by atoms with Gasteiger partial charge < -0.3 is 14.0 Å². The number of esters is 1. The third kappa shape index (κ3) is 4.95. The Morgan fingerprint density at radius 1 is 1.00 bits per heavy atom. The van der Waals surface area contributed by atoms with Crippen LogP contribution in [0, 0.1) is 13.8 Å². The number of ketones is 1. The quantitative estimate of drug-likeness (QED) is 0.288. The van der Waals surface area contributed by atoms with Gasteiger partial charge in [0.05, 0.1) is 15.6 Å². The van der Waals surface area contributed by atoms with Crippen molar-refractivity contribution in [2.24, 2.45) is 0 Å². The van der Waals surface area contributed by atoms with E-state index >= 15 is 0 Å². The van der Waals surface area contributed by atoms with E-state index in [9.17, 15) is 18.4 Å². The standard InChI is InChI=1S/C23H19Cl2F2NO4/c1-12-11-17(13(2)28(12)15-7-9-16(10-8-15)32-23(26)27)21(29)14(3)31-22(30)20-18(24)5-4-6-19(20)25/h4-11,14,23H,1-3H3. The third-order valence-electron chi connectivity index (χ3n) is 4.84. The summed E-state index contributed by atoms with van der Waals surface area (Å²) in [5.74, 6) is -1.18. The van der Waals surface area contributed by atoms with Crippen LogP contribution in [0.3, 0.4) is 0 Å². The number of aromatic nitrogens is 1. The van der Waals surface area contributed by atoms with Crippen molar-refractivity contribution in [1.82, 2.24) is 4.57 Å². The highest BCUT2D eigenvalue weighted by molar-refractivity contribution is 6.39. The molecule has 1 unspecified atom stereocenters. The van der Waals surface area contributed by atoms with Crippen LogP contribution in [0.1, 0.15) is 39.0 Å². The van der Waals surface area contributed by atoms with E-state index in [0.29, 0.717) is 16.9 Å². The van der Waals surface area contributed by atoms with Crippen molar-refractivity contribution in [2.45, 2.75) is 33.5 Å². The van der Waals surface area contributed by atoms with Gasteiger partial charge in [-0.15, -0.1) is 0 Å². The number of rotatable bonds is 7. The van der Waals surface area contributed by atoms with Crippen LogP contribution in [0.25, 0.3) is 5.69 Å². The largest absolute Gasteiger partial charge is 0.451 e. The number of Topliss-reactive ketones (excluding diaryl/α,β-unsaturated/α-hetero) is 1. The molecule has 0 aliphatic rings. The predicted molar refractivity (Wildman–Crippen MR) is 118 cm³/mol. The van der Waals surface area contributed by atoms with E-state index in [-0.39, 0.29) is 21.4 Å². The maximum atomic E-state index is 13.0. The van der Waals surface area contributed by atoms with Gasteiger partial charge in [-0.3, -0.25) is 4.79 Å². The van der Waals surface area contributed by atoms with Crippen LogP contribution in [-0.2, 0) is 4.74 Å². The molecule has 1 atom stereocenters. The molecular weight excluding hydrogens is 463 g/mol. The Morgan fingerprint density at radius 3 is 2.16 bits per heavy atom. The number of carbonyl (C=O) groups is 2. The van der Waals surface area contributed by atoms with Crippen molar-refractivity contribution < 1.29 is 27.8 Å². The minimum Gasteiger partial charge on any atom is -0.451 e. The van der Waals surface area contributed by atoms with Crippen LogP contribution in [-0.4, -0.2) is 29.0 Å². The molecule has 0 saturated heterocycles. The molecule has 0 N–H and O–H groups in total. The molecule has 0 saturated carbocycles. The van der Waals surface area contributed by atoms with Gasteiger partial charge in [-0.1, -0.05) is 29.3 Å². The van der Waals surface area contributed by atoms with Crippen molar-refractivity contribution >= 4 is 35.0 Å². The molecule has 168 valence electrons. The van der Waals surface area contributed by atoms with Gasteiger partial charge in [0.1, 0.15) is 5.75 Å². The van der Waals surface area contributed by atoms with Crippen LogP contribution in [0.5, 0.6) is 5.75 Å². The van der Waals surface area contributed by atoms with Gasteiger partial charge >= 0.3 is 12.6 Å². The number of carbonyl (C=O) groups excluding carboxylic acids is 2. The molecule has 3 aromatic rings. The number of benzene rings is 2. The summed E-state index contributed by atoms with van der Waals surface area (Å²) in [6, 6.07) is 12.3. The van der Waals surface area contributed by atoms with Gasteiger partial charge in [-0.25, -0.2) is 4.79 Å². The summed E-state index contributed by atoms with van der Waals surface area (Å²) in [4.78, 5) is 25.5. The van der Waals surface area contributed by atoms with Gasteiger partial charge in [0.25, 0.3) is 0 Å². The Hall–Kier alpha value is -2.90. The lowest BCUT2D eigenvalue weighted by molar-refractivity contribution is -0.0498. The molecule has 0 aliphatic heterocycles. The summed E-state index contributed by atoms with van der Waals surface area (Å²) in [6.07, 6.45) is -1.09. The molecule has 5 nitrogen and oxygen atoms in total. The fraction of sp³-hybridized carbons (Fsp3) is 0.217. The molecule has 3 rings (SSSR count). The molecule has 0 aliphatic carbocycles. The summed E-state index contributed by atoms with van der Waals surface area (Å²) in [7, 11) is 0. The van der Waals surface area contributed by atoms with E-state index < -0.39 is 24.5 Å². The van der Waals surface area contributed by atoms with E-state index in [1.165, 1.54) is 31.2 Å². The third-order valence-corrected chi connectivity index (χ3v) is 5.47. The normalized spacial score (nSPS) is 12.0. The number of nitrogens with zero attached hydrogens (tertiary/aromatic N) is 1. The fourth-order valence-corrected chi connectivity index (χ4v) is 3.92. The lowest BCUT2D eigenvalue weighted by atomic mass is 10.1. The molecule has 0 radical (unpaired) electrons. The lowest BCUT2D eigenvalue weighted by Gasteiger charge is -2.14. The summed E-state index contributed by atoms with van der Waals surface area (Å²) in [5.41, 5.74) is 2.36. The van der Waals surface area contributed by atoms with E-state index in [1.54, 1.807) is 42.7 Å². The minimum absolute atomic E-state index is 0.00735. The summed E-state index contributed by atoms with van der Waals surface area (Å²) in [5, 5.41) is 0.249. The molecule has 0 amide bonds. The number of alkyl halides is 2. The summed E-state index contributed by atoms with van der Waals surface area (Å²) < 4.78 is 36.2. The SMILES string of the molecule is Cc1cc(C(=O)C(C)OC(=O)c2c(Cl)cccc2Cl)c(C)n1-c1ccc(OC(F)F)cc1. The van der Waals surface area contributed by atoms with Gasteiger partial charge in [0.2, 0.25) is 5.78 Å². The van der Waals surface area contributed by atoms with Crippen LogP contribution >= 0.6 is 23.2 Å². The average Bonchev–Trinajstić information content (AvgIpc) is 3.01. The lowest BCUT2D eigenvalue weighted by Crippen LogP contribution is -2.25. The zero-order valence-corrected chi connectivity index (χ0v) is 18.9. The fourth-order valence-electron chi connectivity index (χ4n) is 3.37. The van der Waals surface area contributed by atoms with Gasteiger partial charge in [-0.05, 0) is 63.2 Å². The first-order chi connectivity index (χ1) is 15.1. The molecule has 0 spiro atoms. The first-order valence-electron chi connectivity index (χ1n) is 9.53. The van der Waals surface area contributed by atoms with E-state index in [0.717, 1.165) is 5.69 Å². The maximum Gasteiger partial charge on any atom is 0.387 e. The topological polar surface area (TPSA) is 57.5 Å². The van der Waals surface area contributed by atoms with E-state index in [2.05, 4.69) is 4.74 Å². The zero-order chi connectivity index (χ0) is 23.6. The second-order valence-corrected chi connectivity index (χ2v) is 7.82. The molecule has 0 bridgehead atoms. The number of aryl methyl sites for hydroxylation is 1. The minimum atomic E-state index is -2.91. The van der Waals surface area contributed by atoms with Crippen molar-refractivity contribution in [3.05, 3.63) is 81.1 Å². The molecular formula is C23H19Cl2F2NO4. The highest BCUT2D eigenvalue weighted by atomic mass is 35.5. The first-order valence-corrected chi connectivity index (χ1v) is 10.3. The maximum absolute atomic E-state index is 13.0. The Balaban J connectivity index is 1.83. The van der Waals surface area contributed by atoms with Crippen molar-refractivity contribution in [2.75, 3.05) is 0 Å². The number of hydrogen-bond donors (Lipinski definition) is 0. The average molecular weight is 482 g/mol. The van der Waals surface area contributed by atoms with Crippen LogP contribution in [0.4, 0.5) is 8.78 Å². The van der Waals surface area contributed by atoms with Crippen LogP contribution in [0.2, 0.25) is 10.0 Å². The van der Waals surface area contributed by atoms with E-state index in [4.69, 9.17) is 27.9 Å². The Labute approximate surface area is 193 Å². The first kappa shape index (κ1) is 23.8. The molecule has 0 fully saturated rings. The predicted octanol–water partition coefficient (Wildman–Crippen LogP) is 6.43. The smallest absolute Gasteiger partial charge is 0.387 e. The number of halogens is 4. The Bertz CT molecular complexity index is 1140. The molecule has 32 heavy (non-hydrogen) atoms. The zero-order valence-electron chi connectivity index (χ0n) is 17.4. The van der Waals surface area contributed by atoms with Crippen LogP contribution < -0.4 is 4.74 Å². The monoisotopic (exact) mass is 481 g/mol. The van der Waals surface area contributed by atoms with Crippen molar-refractivity contribution in [3.63, 3.8) is 0 Å². The highest BCUT2D eigenvalue weighted by Gasteiger charge is 2.26. The Morgan fingerprint density at radius 2 is 1.59 bits per heavy atom. The van der Waals surface area contributed by atoms with Crippen molar-refractivity contribution in [3.8, 4) is 11.4 Å². The summed E-state index contributed by atoms with van der Waals surface area (Å²) >= 11 is 12.1. The summed E-state index contributed by atoms with van der Waals surface area (Å²) in [6.45, 7) is 2.09. The molecule has 2 aromatic carbocycles. The molecule has 1 heterocycles.